The summed E-state index contributed by atoms with van der Waals surface area (Å²) in [4.78, 5) is 33.7. The van der Waals surface area contributed by atoms with E-state index in [9.17, 15) is 14.4 Å². The minimum absolute atomic E-state index is 0.242. The monoisotopic (exact) mass is 182 g/mol. The Hall–Kier alpha value is -0.990. The van der Waals surface area contributed by atoms with Crippen LogP contribution in [0.5, 0.6) is 0 Å². The molecule has 0 aromatic rings. The lowest BCUT2D eigenvalue weighted by Gasteiger charge is -2.31. The molecular formula is C10H14O3. The predicted molar refractivity (Wildman–Crippen MR) is 47.3 cm³/mol. The maximum atomic E-state index is 11.5. The summed E-state index contributed by atoms with van der Waals surface area (Å²) < 4.78 is 0. The smallest absolute Gasteiger partial charge is 0.264 e. The van der Waals surface area contributed by atoms with Crippen LogP contribution in [0.3, 0.4) is 0 Å². The number of Topliss-reactive ketones (excluding diaryl/α,β-unsaturated/α-hetero) is 3. The van der Waals surface area contributed by atoms with E-state index >= 15 is 0 Å². The molecule has 0 saturated heterocycles. The molecule has 0 radical (unpaired) electrons. The zero-order chi connectivity index (χ0) is 10.1. The van der Waals surface area contributed by atoms with Gasteiger partial charge in [0.25, 0.3) is 5.78 Å². The van der Waals surface area contributed by atoms with Gasteiger partial charge in [0, 0.05) is 11.8 Å². The molecule has 0 aliphatic heterocycles. The fourth-order valence-corrected chi connectivity index (χ4v) is 1.87. The highest BCUT2D eigenvalue weighted by atomic mass is 16.2. The fourth-order valence-electron chi connectivity index (χ4n) is 1.87. The summed E-state index contributed by atoms with van der Waals surface area (Å²) in [5.74, 6) is -1.76. The first kappa shape index (κ1) is 10.1. The lowest BCUT2D eigenvalue weighted by atomic mass is 9.69. The van der Waals surface area contributed by atoms with Crippen LogP contribution in [0.4, 0.5) is 0 Å². The Morgan fingerprint density at radius 2 is 1.69 bits per heavy atom. The maximum absolute atomic E-state index is 11.5. The summed E-state index contributed by atoms with van der Waals surface area (Å²) in [6.45, 7) is 3.79. The first-order chi connectivity index (χ1) is 6.07. The molecule has 1 rings (SSSR count). The molecule has 72 valence electrons. The summed E-state index contributed by atoms with van der Waals surface area (Å²) in [6.07, 6.45) is 2.10. The summed E-state index contributed by atoms with van der Waals surface area (Å²) >= 11 is 0. The van der Waals surface area contributed by atoms with Crippen LogP contribution >= 0.6 is 0 Å². The van der Waals surface area contributed by atoms with E-state index in [1.165, 1.54) is 0 Å². The lowest BCUT2D eigenvalue weighted by molar-refractivity contribution is -0.152. The number of hydrogen-bond donors (Lipinski definition) is 0. The van der Waals surface area contributed by atoms with Crippen molar-refractivity contribution in [3.05, 3.63) is 0 Å². The second kappa shape index (κ2) is 3.40. The van der Waals surface area contributed by atoms with Gasteiger partial charge in [0.15, 0.2) is 0 Å². The molecule has 1 saturated carbocycles. The molecule has 0 aromatic heterocycles. The first-order valence-corrected chi connectivity index (χ1v) is 4.69. The molecule has 0 atom stereocenters. The van der Waals surface area contributed by atoms with Gasteiger partial charge in [-0.2, -0.15) is 0 Å². The Morgan fingerprint density at radius 1 is 1.15 bits per heavy atom. The van der Waals surface area contributed by atoms with Gasteiger partial charge in [-0.25, -0.2) is 0 Å². The Bertz CT molecular complexity index is 261. The van der Waals surface area contributed by atoms with Gasteiger partial charge in [0.05, 0.1) is 0 Å². The highest BCUT2D eigenvalue weighted by Gasteiger charge is 2.45. The van der Waals surface area contributed by atoms with Crippen molar-refractivity contribution in [3.63, 3.8) is 0 Å². The highest BCUT2D eigenvalue weighted by Crippen LogP contribution is 2.36. The Kier molecular flexibility index (Phi) is 2.64. The third-order valence-electron chi connectivity index (χ3n) is 3.13. The van der Waals surface area contributed by atoms with Crippen molar-refractivity contribution in [3.8, 4) is 0 Å². The van der Waals surface area contributed by atoms with Crippen molar-refractivity contribution >= 4 is 17.3 Å². The van der Waals surface area contributed by atoms with Crippen LogP contribution in [-0.2, 0) is 14.4 Å². The van der Waals surface area contributed by atoms with E-state index in [0.29, 0.717) is 19.3 Å². The second-order valence-electron chi connectivity index (χ2n) is 3.57. The second-order valence-corrected chi connectivity index (χ2v) is 3.57. The van der Waals surface area contributed by atoms with Crippen molar-refractivity contribution in [2.45, 2.75) is 39.5 Å². The maximum Gasteiger partial charge on any atom is 0.264 e. The molecule has 0 amide bonds. The molecule has 1 aliphatic carbocycles. The Balaban J connectivity index is 2.97. The number of carbonyl (C=O) groups is 3. The summed E-state index contributed by atoms with van der Waals surface area (Å²) in [7, 11) is 0. The van der Waals surface area contributed by atoms with E-state index < -0.39 is 22.8 Å². The van der Waals surface area contributed by atoms with Crippen molar-refractivity contribution in [2.75, 3.05) is 0 Å². The molecular weight excluding hydrogens is 168 g/mol. The van der Waals surface area contributed by atoms with Gasteiger partial charge in [-0.1, -0.05) is 13.8 Å². The largest absolute Gasteiger partial charge is 0.290 e. The average molecular weight is 182 g/mol. The van der Waals surface area contributed by atoms with Gasteiger partial charge in [-0.05, 0) is 19.3 Å². The van der Waals surface area contributed by atoms with E-state index in [4.69, 9.17) is 0 Å². The molecule has 1 fully saturated rings. The topological polar surface area (TPSA) is 51.2 Å². The third-order valence-corrected chi connectivity index (χ3v) is 3.13. The van der Waals surface area contributed by atoms with Crippen LogP contribution in [0.2, 0.25) is 0 Å². The van der Waals surface area contributed by atoms with E-state index in [0.717, 1.165) is 0 Å². The van der Waals surface area contributed by atoms with Gasteiger partial charge in [-0.15, -0.1) is 0 Å². The van der Waals surface area contributed by atoms with Crippen molar-refractivity contribution < 1.29 is 14.4 Å². The molecule has 0 aromatic carbocycles. The Morgan fingerprint density at radius 3 is 2.15 bits per heavy atom. The minimum Gasteiger partial charge on any atom is -0.290 e. The fraction of sp³-hybridized carbons (Fsp3) is 0.700. The van der Waals surface area contributed by atoms with E-state index in [-0.39, 0.29) is 6.42 Å². The van der Waals surface area contributed by atoms with E-state index in [1.54, 1.807) is 0 Å². The Labute approximate surface area is 77.5 Å². The van der Waals surface area contributed by atoms with Crippen LogP contribution in [-0.4, -0.2) is 17.3 Å². The molecule has 0 bridgehead atoms. The molecule has 3 nitrogen and oxygen atoms in total. The summed E-state index contributed by atoms with van der Waals surface area (Å²) in [5, 5.41) is 0. The number of ketones is 3. The molecule has 0 N–H and O–H groups in total. The molecule has 13 heavy (non-hydrogen) atoms. The summed E-state index contributed by atoms with van der Waals surface area (Å²) in [6, 6.07) is 0. The van der Waals surface area contributed by atoms with Gasteiger partial charge in [-0.3, -0.25) is 14.4 Å². The van der Waals surface area contributed by atoms with Crippen LogP contribution in [0.15, 0.2) is 0 Å². The normalized spacial score (nSPS) is 22.2. The van der Waals surface area contributed by atoms with Crippen LogP contribution in [0.1, 0.15) is 39.5 Å². The molecule has 0 unspecified atom stereocenters. The average Bonchev–Trinajstić information content (AvgIpc) is 2.16. The van der Waals surface area contributed by atoms with Crippen molar-refractivity contribution in [1.29, 1.82) is 0 Å². The number of hydrogen-bond acceptors (Lipinski definition) is 3. The van der Waals surface area contributed by atoms with Gasteiger partial charge < -0.3 is 0 Å². The van der Waals surface area contributed by atoms with E-state index in [2.05, 4.69) is 0 Å². The van der Waals surface area contributed by atoms with Gasteiger partial charge in [0.2, 0.25) is 11.6 Å². The van der Waals surface area contributed by atoms with Crippen molar-refractivity contribution in [1.82, 2.24) is 0 Å². The zero-order valence-corrected chi connectivity index (χ0v) is 8.05. The van der Waals surface area contributed by atoms with Crippen LogP contribution < -0.4 is 0 Å². The lowest BCUT2D eigenvalue weighted by Crippen LogP contribution is -2.44. The van der Waals surface area contributed by atoms with Crippen LogP contribution in [0, 0.1) is 5.41 Å². The standard InChI is InChI=1S/C10H14O3/c1-3-10(4-2)6-5-7(11)8(12)9(10)13/h3-6H2,1-2H3. The molecule has 3 heteroatoms. The van der Waals surface area contributed by atoms with Crippen LogP contribution in [0.25, 0.3) is 0 Å². The molecule has 1 aliphatic rings. The minimum atomic E-state index is -0.782. The highest BCUT2D eigenvalue weighted by molar-refractivity contribution is 6.65. The predicted octanol–water partition coefficient (Wildman–Crippen LogP) is 1.29. The quantitative estimate of drug-likeness (QED) is 0.605. The first-order valence-electron chi connectivity index (χ1n) is 4.69. The van der Waals surface area contributed by atoms with Crippen molar-refractivity contribution in [2.24, 2.45) is 5.41 Å². The molecule has 0 heterocycles. The van der Waals surface area contributed by atoms with E-state index in [1.807, 2.05) is 13.8 Å². The summed E-state index contributed by atoms with van der Waals surface area (Å²) in [5.41, 5.74) is -0.537. The number of rotatable bonds is 2. The zero-order valence-electron chi connectivity index (χ0n) is 8.05. The van der Waals surface area contributed by atoms with Gasteiger partial charge in [0.1, 0.15) is 0 Å². The third kappa shape index (κ3) is 1.43. The van der Waals surface area contributed by atoms with Gasteiger partial charge >= 0.3 is 0 Å². The number of carbonyl (C=O) groups excluding carboxylic acids is 3. The SMILES string of the molecule is CCC1(CC)CCC(=O)C(=O)C1=O. The molecule has 0 spiro atoms.